The van der Waals surface area contributed by atoms with Crippen LogP contribution >= 0.6 is 0 Å². The Labute approximate surface area is 283 Å². The summed E-state index contributed by atoms with van der Waals surface area (Å²) >= 11 is 0. The summed E-state index contributed by atoms with van der Waals surface area (Å²) in [5.41, 5.74) is 0.596. The highest BCUT2D eigenvalue weighted by Gasteiger charge is 2.69. The SMILES string of the molecule is CO[C@H]1C[C@H]2C=CC3C4[C@H](O)[C@@H](C)[C@@H](OC(=O)c5ccc[nH]5)[C@@H]3O[C@]42/C(C)=C/[C@@H](C)[C@@H]([C@@H](C)OC(=O)C(=O)OCc2cccnc2)OC1=O. The molecule has 2 aliphatic heterocycles. The number of esters is 4. The quantitative estimate of drug-likeness (QED) is 0.190. The number of hydrogen-bond donors (Lipinski definition) is 2. The average Bonchev–Trinajstić information content (AvgIpc) is 3.70. The van der Waals surface area contributed by atoms with E-state index in [1.807, 2.05) is 32.1 Å². The van der Waals surface area contributed by atoms with Gasteiger partial charge in [-0.05, 0) is 44.0 Å². The molecule has 4 heterocycles. The fourth-order valence-electron chi connectivity index (χ4n) is 8.11. The van der Waals surface area contributed by atoms with Gasteiger partial charge in [0.05, 0.1) is 6.10 Å². The van der Waals surface area contributed by atoms with Gasteiger partial charge in [0.25, 0.3) is 0 Å². The minimum absolute atomic E-state index is 0.164. The Morgan fingerprint density at radius 1 is 1.16 bits per heavy atom. The molecule has 49 heavy (non-hydrogen) atoms. The van der Waals surface area contributed by atoms with E-state index in [2.05, 4.69) is 9.97 Å². The van der Waals surface area contributed by atoms with Crippen LogP contribution in [0.2, 0.25) is 0 Å². The molecule has 2 fully saturated rings. The number of methoxy groups -OCH3 is 1. The van der Waals surface area contributed by atoms with E-state index in [-0.39, 0.29) is 18.9 Å². The number of aromatic amines is 1. The van der Waals surface area contributed by atoms with Crippen LogP contribution in [-0.4, -0.2) is 88.3 Å². The number of H-pyrrole nitrogens is 1. The lowest BCUT2D eigenvalue weighted by Gasteiger charge is -2.48. The summed E-state index contributed by atoms with van der Waals surface area (Å²) in [6.07, 6.45) is 5.44. The van der Waals surface area contributed by atoms with Gasteiger partial charge in [-0.2, -0.15) is 0 Å². The second kappa shape index (κ2) is 13.9. The van der Waals surface area contributed by atoms with Gasteiger partial charge in [-0.3, -0.25) is 4.98 Å². The maximum absolute atomic E-state index is 13.6. The Bertz CT molecular complexity index is 1610. The molecule has 13 nitrogen and oxygen atoms in total. The zero-order valence-corrected chi connectivity index (χ0v) is 28.0. The van der Waals surface area contributed by atoms with Crippen molar-refractivity contribution < 1.29 is 52.7 Å². The van der Waals surface area contributed by atoms with E-state index in [1.54, 1.807) is 43.6 Å². The fourth-order valence-corrected chi connectivity index (χ4v) is 8.11. The number of aliphatic hydroxyl groups excluding tert-OH is 1. The number of hydrogen-bond acceptors (Lipinski definition) is 12. The number of rotatable bonds is 7. The van der Waals surface area contributed by atoms with Gasteiger partial charge in [0, 0.05) is 60.9 Å². The normalized spacial score (nSPS) is 36.7. The van der Waals surface area contributed by atoms with Gasteiger partial charge >= 0.3 is 23.9 Å². The largest absolute Gasteiger partial charge is 0.456 e. The number of nitrogens with zero attached hydrogens (tertiary/aromatic N) is 1. The van der Waals surface area contributed by atoms with Gasteiger partial charge < -0.3 is 38.5 Å². The Hall–Kier alpha value is -4.33. The Kier molecular flexibility index (Phi) is 9.79. The van der Waals surface area contributed by atoms with E-state index in [0.717, 1.165) is 5.57 Å². The van der Waals surface area contributed by atoms with Crippen molar-refractivity contribution in [2.45, 2.75) is 82.9 Å². The van der Waals surface area contributed by atoms with E-state index in [0.29, 0.717) is 11.3 Å². The summed E-state index contributed by atoms with van der Waals surface area (Å²) in [5, 5.41) is 11.9. The van der Waals surface area contributed by atoms with E-state index in [4.69, 9.17) is 28.4 Å². The minimum Gasteiger partial charge on any atom is -0.456 e. The van der Waals surface area contributed by atoms with Crippen LogP contribution in [0.15, 0.2) is 66.7 Å². The summed E-state index contributed by atoms with van der Waals surface area (Å²) in [7, 11) is 1.41. The average molecular weight is 679 g/mol. The third-order valence-electron chi connectivity index (χ3n) is 10.5. The van der Waals surface area contributed by atoms with Crippen LogP contribution in [0.25, 0.3) is 0 Å². The Morgan fingerprint density at radius 2 is 1.96 bits per heavy atom. The molecular formula is C36H42N2O11. The number of nitrogens with one attached hydrogen (secondary N) is 1. The highest BCUT2D eigenvalue weighted by Crippen LogP contribution is 2.61. The topological polar surface area (TPSA) is 173 Å². The molecule has 2 aliphatic carbocycles. The summed E-state index contributed by atoms with van der Waals surface area (Å²) in [5.74, 6) is -5.73. The van der Waals surface area contributed by atoms with Crippen LogP contribution in [-0.2, 0) is 49.4 Å². The maximum atomic E-state index is 13.6. The van der Waals surface area contributed by atoms with Crippen LogP contribution in [0.3, 0.4) is 0 Å². The number of pyridine rings is 1. The van der Waals surface area contributed by atoms with Crippen LogP contribution in [0.1, 0.15) is 50.2 Å². The molecule has 0 amide bonds. The number of carbonyl (C=O) groups excluding carboxylic acids is 4. The molecule has 13 heteroatoms. The van der Waals surface area contributed by atoms with Crippen molar-refractivity contribution in [1.29, 1.82) is 0 Å². The molecule has 1 saturated carbocycles. The van der Waals surface area contributed by atoms with E-state index in [9.17, 15) is 24.3 Å². The third-order valence-corrected chi connectivity index (χ3v) is 10.5. The first-order valence-electron chi connectivity index (χ1n) is 16.5. The van der Waals surface area contributed by atoms with E-state index >= 15 is 0 Å². The zero-order valence-electron chi connectivity index (χ0n) is 28.0. The predicted octanol–water partition coefficient (Wildman–Crippen LogP) is 3.09. The number of carbonyl (C=O) groups is 4. The van der Waals surface area contributed by atoms with E-state index < -0.39 is 89.8 Å². The lowest BCUT2D eigenvalue weighted by Crippen LogP contribution is -2.57. The second-order valence-electron chi connectivity index (χ2n) is 13.4. The molecule has 2 aromatic rings. The first-order valence-corrected chi connectivity index (χ1v) is 16.5. The van der Waals surface area contributed by atoms with Crippen molar-refractivity contribution in [3.05, 3.63) is 77.9 Å². The van der Waals surface area contributed by atoms with Crippen molar-refractivity contribution in [2.75, 3.05) is 7.11 Å². The van der Waals surface area contributed by atoms with Gasteiger partial charge in [-0.25, -0.2) is 19.2 Å². The van der Waals surface area contributed by atoms with Gasteiger partial charge in [0.1, 0.15) is 42.3 Å². The molecule has 0 aromatic carbocycles. The highest BCUT2D eigenvalue weighted by molar-refractivity contribution is 6.29. The molecule has 2 unspecified atom stereocenters. The lowest BCUT2D eigenvalue weighted by molar-refractivity contribution is -0.184. The number of ether oxygens (including phenoxy) is 6. The van der Waals surface area contributed by atoms with Crippen molar-refractivity contribution in [2.24, 2.45) is 29.6 Å². The smallest absolute Gasteiger partial charge is 0.417 e. The lowest BCUT2D eigenvalue weighted by atomic mass is 9.57. The molecule has 12 atom stereocenters. The molecule has 4 aliphatic rings. The van der Waals surface area contributed by atoms with Crippen LogP contribution in [0.5, 0.6) is 0 Å². The monoisotopic (exact) mass is 678 g/mol. The molecule has 262 valence electrons. The van der Waals surface area contributed by atoms with Gasteiger partial charge in [0.2, 0.25) is 0 Å². The Morgan fingerprint density at radius 3 is 2.65 bits per heavy atom. The minimum atomic E-state index is -1.23. The zero-order chi connectivity index (χ0) is 35.0. The van der Waals surface area contributed by atoms with Gasteiger partial charge in [-0.1, -0.05) is 38.1 Å². The summed E-state index contributed by atoms with van der Waals surface area (Å²) in [6.45, 7) is 6.93. The summed E-state index contributed by atoms with van der Waals surface area (Å²) < 4.78 is 35.1. The maximum Gasteiger partial charge on any atom is 0.417 e. The summed E-state index contributed by atoms with van der Waals surface area (Å²) in [4.78, 5) is 58.7. The Balaban J connectivity index is 1.27. The summed E-state index contributed by atoms with van der Waals surface area (Å²) in [6, 6.07) is 6.70. The molecule has 2 aromatic heterocycles. The van der Waals surface area contributed by atoms with Crippen molar-refractivity contribution >= 4 is 23.9 Å². The van der Waals surface area contributed by atoms with Gasteiger partial charge in [0.15, 0.2) is 6.10 Å². The predicted molar refractivity (Wildman–Crippen MR) is 170 cm³/mol. The molecule has 6 rings (SSSR count). The third kappa shape index (κ3) is 6.30. The number of aromatic nitrogens is 2. The molecule has 1 spiro atoms. The number of aliphatic hydroxyl groups is 1. The molecule has 2 N–H and O–H groups in total. The number of cyclic esters (lactones) is 1. The first-order chi connectivity index (χ1) is 23.5. The standard InChI is InChI=1S/C36H42N2O11/c1-18-14-19(2)36-23(10-11-24-27(36)28(39)20(3)30(31(24)49-36)48-32(40)25-9-7-13-38-25)15-26(44-5)33(41)47-29(18)21(4)46-35(43)34(42)45-17-22-8-6-12-37-16-22/h6-14,16,18,20-21,23-24,26-31,38-39H,15,17H2,1-5H3/b19-14+/t18-,20-,21-,23-,24?,26+,27?,28-,29+,30-,31-,36+/m1/s1. The van der Waals surface area contributed by atoms with Crippen LogP contribution in [0, 0.1) is 29.6 Å². The first kappa shape index (κ1) is 34.5. The van der Waals surface area contributed by atoms with Crippen LogP contribution < -0.4 is 0 Å². The van der Waals surface area contributed by atoms with Crippen molar-refractivity contribution in [1.82, 2.24) is 9.97 Å². The van der Waals surface area contributed by atoms with Crippen molar-refractivity contribution in [3.63, 3.8) is 0 Å². The van der Waals surface area contributed by atoms with Crippen molar-refractivity contribution in [3.8, 4) is 0 Å². The molecule has 1 saturated heterocycles. The van der Waals surface area contributed by atoms with Crippen LogP contribution in [0.4, 0.5) is 0 Å². The molecule has 4 bridgehead atoms. The second-order valence-corrected chi connectivity index (χ2v) is 13.4. The molecular weight excluding hydrogens is 636 g/mol. The van der Waals surface area contributed by atoms with E-state index in [1.165, 1.54) is 20.2 Å². The fraction of sp³-hybridized carbons (Fsp3) is 0.528. The highest BCUT2D eigenvalue weighted by atomic mass is 16.6. The molecule has 0 radical (unpaired) electrons. The van der Waals surface area contributed by atoms with Gasteiger partial charge in [-0.15, -0.1) is 0 Å².